The van der Waals surface area contributed by atoms with E-state index < -0.39 is 0 Å². The van der Waals surface area contributed by atoms with Gasteiger partial charge in [0.2, 0.25) is 5.91 Å². The summed E-state index contributed by atoms with van der Waals surface area (Å²) in [6, 6.07) is 0.451. The number of nitrogens with zero attached hydrogens (tertiary/aromatic N) is 2. The van der Waals surface area contributed by atoms with Gasteiger partial charge in [-0.15, -0.1) is 0 Å². The first kappa shape index (κ1) is 12.8. The summed E-state index contributed by atoms with van der Waals surface area (Å²) in [6.45, 7) is 7.15. The van der Waals surface area contributed by atoms with Crippen LogP contribution < -0.4 is 0 Å². The second-order valence-corrected chi connectivity index (χ2v) is 5.76. The first-order chi connectivity index (χ1) is 8.00. The zero-order valence-corrected chi connectivity index (χ0v) is 11.2. The minimum atomic E-state index is -0.0200. The van der Waals surface area contributed by atoms with Crippen molar-refractivity contribution in [3.63, 3.8) is 0 Å². The van der Waals surface area contributed by atoms with E-state index in [2.05, 4.69) is 25.8 Å². The smallest absolute Gasteiger partial charge is 0.248 e. The lowest BCUT2D eigenvalue weighted by Crippen LogP contribution is -2.53. The van der Waals surface area contributed by atoms with Crippen LogP contribution in [-0.2, 0) is 9.53 Å². The van der Waals surface area contributed by atoms with Crippen LogP contribution in [0.25, 0.3) is 0 Å². The van der Waals surface area contributed by atoms with E-state index in [1.807, 2.05) is 4.90 Å². The number of hydrogen-bond acceptors (Lipinski definition) is 3. The number of piperazine rings is 1. The van der Waals surface area contributed by atoms with Crippen molar-refractivity contribution in [1.82, 2.24) is 9.80 Å². The van der Waals surface area contributed by atoms with Crippen LogP contribution in [0, 0.1) is 0 Å². The number of hydrogen-bond donors (Lipinski definition) is 0. The molecule has 1 heterocycles. The Balaban J connectivity index is 1.76. The molecule has 1 aliphatic carbocycles. The van der Waals surface area contributed by atoms with Crippen molar-refractivity contribution in [2.45, 2.75) is 44.8 Å². The molecule has 0 aromatic heterocycles. The predicted molar refractivity (Wildman–Crippen MR) is 66.9 cm³/mol. The quantitative estimate of drug-likeness (QED) is 0.741. The van der Waals surface area contributed by atoms with Crippen LogP contribution in [0.15, 0.2) is 0 Å². The van der Waals surface area contributed by atoms with Crippen molar-refractivity contribution >= 4 is 5.91 Å². The molecule has 2 aliphatic rings. The molecule has 17 heavy (non-hydrogen) atoms. The molecule has 2 fully saturated rings. The topological polar surface area (TPSA) is 32.8 Å². The molecule has 0 radical (unpaired) electrons. The van der Waals surface area contributed by atoms with E-state index in [0.717, 1.165) is 32.5 Å². The minimum Gasteiger partial charge on any atom is -0.365 e. The molecule has 1 unspecified atom stereocenters. The first-order valence-corrected chi connectivity index (χ1v) is 6.62. The van der Waals surface area contributed by atoms with E-state index in [9.17, 15) is 4.79 Å². The monoisotopic (exact) mass is 240 g/mol. The van der Waals surface area contributed by atoms with Crippen molar-refractivity contribution in [2.75, 3.05) is 33.3 Å². The highest BCUT2D eigenvalue weighted by Gasteiger charge is 2.34. The maximum atomic E-state index is 12.0. The Morgan fingerprint density at radius 3 is 2.65 bits per heavy atom. The van der Waals surface area contributed by atoms with E-state index in [1.165, 1.54) is 6.42 Å². The Kier molecular flexibility index (Phi) is 3.73. The van der Waals surface area contributed by atoms with Crippen LogP contribution in [0.1, 0.15) is 33.1 Å². The molecule has 4 nitrogen and oxygen atoms in total. The number of carbonyl (C=O) groups is 1. The highest BCUT2D eigenvalue weighted by Crippen LogP contribution is 2.34. The number of ether oxygens (including phenoxy) is 1. The SMILES string of the molecule is CC1CN(C(=O)COC2(C)CCC2)CCN1C. The van der Waals surface area contributed by atoms with E-state index in [4.69, 9.17) is 4.74 Å². The fourth-order valence-electron chi connectivity index (χ4n) is 2.42. The van der Waals surface area contributed by atoms with Gasteiger partial charge in [-0.2, -0.15) is 0 Å². The van der Waals surface area contributed by atoms with Crippen molar-refractivity contribution in [3.8, 4) is 0 Å². The highest BCUT2D eigenvalue weighted by atomic mass is 16.5. The van der Waals surface area contributed by atoms with E-state index >= 15 is 0 Å². The van der Waals surface area contributed by atoms with Gasteiger partial charge >= 0.3 is 0 Å². The summed E-state index contributed by atoms with van der Waals surface area (Å²) >= 11 is 0. The van der Waals surface area contributed by atoms with Gasteiger partial charge < -0.3 is 14.5 Å². The van der Waals surface area contributed by atoms with Crippen LogP contribution in [0.5, 0.6) is 0 Å². The van der Waals surface area contributed by atoms with Gasteiger partial charge in [-0.3, -0.25) is 4.79 Å². The second kappa shape index (κ2) is 4.94. The molecule has 0 aromatic carbocycles. The second-order valence-electron chi connectivity index (χ2n) is 5.76. The average Bonchev–Trinajstić information content (AvgIpc) is 2.27. The summed E-state index contributed by atoms with van der Waals surface area (Å²) in [5, 5.41) is 0. The van der Waals surface area contributed by atoms with E-state index in [0.29, 0.717) is 6.04 Å². The van der Waals surface area contributed by atoms with Crippen molar-refractivity contribution in [3.05, 3.63) is 0 Å². The maximum Gasteiger partial charge on any atom is 0.248 e. The molecule has 0 bridgehead atoms. The zero-order valence-electron chi connectivity index (χ0n) is 11.2. The first-order valence-electron chi connectivity index (χ1n) is 6.62. The van der Waals surface area contributed by atoms with Crippen LogP contribution >= 0.6 is 0 Å². The number of carbonyl (C=O) groups excluding carboxylic acids is 1. The Hall–Kier alpha value is -0.610. The number of rotatable bonds is 3. The Bertz CT molecular complexity index is 289. The summed E-state index contributed by atoms with van der Waals surface area (Å²) in [6.07, 6.45) is 3.43. The van der Waals surface area contributed by atoms with Crippen LogP contribution in [0.3, 0.4) is 0 Å². The summed E-state index contributed by atoms with van der Waals surface area (Å²) < 4.78 is 5.74. The fourth-order valence-corrected chi connectivity index (χ4v) is 2.42. The van der Waals surface area contributed by atoms with Gasteiger partial charge in [-0.05, 0) is 40.2 Å². The zero-order chi connectivity index (χ0) is 12.5. The summed E-state index contributed by atoms with van der Waals surface area (Å²) in [7, 11) is 2.11. The van der Waals surface area contributed by atoms with Crippen molar-refractivity contribution in [2.24, 2.45) is 0 Å². The largest absolute Gasteiger partial charge is 0.365 e. The molecule has 1 saturated carbocycles. The summed E-state index contributed by atoms with van der Waals surface area (Å²) in [5.74, 6) is 0.151. The molecule has 1 saturated heterocycles. The van der Waals surface area contributed by atoms with Gasteiger partial charge in [-0.1, -0.05) is 0 Å². The standard InChI is InChI=1S/C13H24N2O2/c1-11-9-15(8-7-14(11)3)12(16)10-17-13(2)5-4-6-13/h11H,4-10H2,1-3H3. The summed E-state index contributed by atoms with van der Waals surface area (Å²) in [5.41, 5.74) is -0.0200. The van der Waals surface area contributed by atoms with Crippen LogP contribution in [-0.4, -0.2) is 60.6 Å². The lowest BCUT2D eigenvalue weighted by molar-refractivity contribution is -0.151. The molecule has 1 atom stereocenters. The molecule has 0 aromatic rings. The third kappa shape index (κ3) is 2.99. The van der Waals surface area contributed by atoms with Gasteiger partial charge in [0.05, 0.1) is 5.60 Å². The number of amides is 1. The van der Waals surface area contributed by atoms with Gasteiger partial charge in [0, 0.05) is 25.7 Å². The molecular formula is C13H24N2O2. The average molecular weight is 240 g/mol. The summed E-state index contributed by atoms with van der Waals surface area (Å²) in [4.78, 5) is 16.2. The molecule has 2 rings (SSSR count). The third-order valence-corrected chi connectivity index (χ3v) is 4.27. The van der Waals surface area contributed by atoms with Gasteiger partial charge in [0.1, 0.15) is 6.61 Å². The third-order valence-electron chi connectivity index (χ3n) is 4.27. The molecule has 0 spiro atoms. The Labute approximate surface area is 104 Å². The minimum absolute atomic E-state index is 0.0200. The normalized spacial score (nSPS) is 28.9. The maximum absolute atomic E-state index is 12.0. The Morgan fingerprint density at radius 1 is 1.41 bits per heavy atom. The fraction of sp³-hybridized carbons (Fsp3) is 0.923. The predicted octanol–water partition coefficient (Wildman–Crippen LogP) is 1.11. The van der Waals surface area contributed by atoms with Crippen LogP contribution in [0.4, 0.5) is 0 Å². The number of likely N-dealkylation sites (N-methyl/N-ethyl adjacent to an activating group) is 1. The van der Waals surface area contributed by atoms with E-state index in [-0.39, 0.29) is 18.1 Å². The molecule has 1 amide bonds. The molecule has 4 heteroatoms. The molecule has 0 N–H and O–H groups in total. The van der Waals surface area contributed by atoms with Gasteiger partial charge in [-0.25, -0.2) is 0 Å². The highest BCUT2D eigenvalue weighted by molar-refractivity contribution is 5.77. The lowest BCUT2D eigenvalue weighted by atomic mass is 9.82. The van der Waals surface area contributed by atoms with E-state index in [1.54, 1.807) is 0 Å². The Morgan fingerprint density at radius 2 is 2.12 bits per heavy atom. The molecule has 1 aliphatic heterocycles. The van der Waals surface area contributed by atoms with Gasteiger partial charge in [0.15, 0.2) is 0 Å². The van der Waals surface area contributed by atoms with Crippen molar-refractivity contribution in [1.29, 1.82) is 0 Å². The van der Waals surface area contributed by atoms with Crippen LogP contribution in [0.2, 0.25) is 0 Å². The molecular weight excluding hydrogens is 216 g/mol. The molecule has 98 valence electrons. The van der Waals surface area contributed by atoms with Gasteiger partial charge in [0.25, 0.3) is 0 Å². The lowest BCUT2D eigenvalue weighted by Gasteiger charge is -2.40. The van der Waals surface area contributed by atoms with Crippen molar-refractivity contribution < 1.29 is 9.53 Å².